The molecule has 0 aliphatic carbocycles. The van der Waals surface area contributed by atoms with Crippen molar-refractivity contribution in [2.75, 3.05) is 0 Å². The summed E-state index contributed by atoms with van der Waals surface area (Å²) in [6.07, 6.45) is 4.19. The number of rotatable bonds is 1. The lowest BCUT2D eigenvalue weighted by atomic mass is 10.1. The van der Waals surface area contributed by atoms with Crippen LogP contribution in [0.3, 0.4) is 0 Å². The molecule has 19 heavy (non-hydrogen) atoms. The summed E-state index contributed by atoms with van der Waals surface area (Å²) in [5.41, 5.74) is 5.14. The minimum absolute atomic E-state index is 0.938. The molecule has 2 aromatic heterocycles. The first-order chi connectivity index (χ1) is 9.34. The van der Waals surface area contributed by atoms with Crippen LogP contribution in [0.4, 0.5) is 0 Å². The number of aromatic nitrogens is 3. The third-order valence-corrected chi connectivity index (χ3v) is 3.79. The monoisotopic (exact) mass is 249 g/mol. The SMILES string of the molecule is C[n+]1cccc2c1-c1[nH]cc(-c3ccccc3)[n+]1C2. The van der Waals surface area contributed by atoms with Gasteiger partial charge in [0.25, 0.3) is 0 Å². The van der Waals surface area contributed by atoms with E-state index >= 15 is 0 Å². The third kappa shape index (κ3) is 1.45. The third-order valence-electron chi connectivity index (χ3n) is 3.79. The Kier molecular flexibility index (Phi) is 2.09. The van der Waals surface area contributed by atoms with Crippen LogP contribution in [0.25, 0.3) is 22.8 Å². The van der Waals surface area contributed by atoms with Gasteiger partial charge in [-0.15, -0.1) is 0 Å². The van der Waals surface area contributed by atoms with Crippen molar-refractivity contribution in [3.05, 3.63) is 60.4 Å². The second-order valence-corrected chi connectivity index (χ2v) is 4.97. The molecule has 4 rings (SSSR count). The summed E-state index contributed by atoms with van der Waals surface area (Å²) in [4.78, 5) is 3.42. The molecular formula is C16H15N3+2. The van der Waals surface area contributed by atoms with Crippen molar-refractivity contribution in [2.45, 2.75) is 6.54 Å². The standard InChI is InChI=1S/C16H14N3/c1-18-9-5-8-13-11-19-14(10-17-16(19)15(13)18)12-6-3-2-4-7-12/h2-10H,11H2,1H3/q+1/p+1. The summed E-state index contributed by atoms with van der Waals surface area (Å²) >= 11 is 0. The van der Waals surface area contributed by atoms with Gasteiger partial charge in [0.1, 0.15) is 19.8 Å². The molecule has 3 nitrogen and oxygen atoms in total. The van der Waals surface area contributed by atoms with Crippen LogP contribution in [0.2, 0.25) is 0 Å². The molecule has 3 aromatic rings. The number of fused-ring (bicyclic) bond motifs is 3. The number of H-pyrrole nitrogens is 1. The number of hydrogen-bond donors (Lipinski definition) is 1. The van der Waals surface area contributed by atoms with Gasteiger partial charge in [-0.1, -0.05) is 30.3 Å². The molecule has 0 fully saturated rings. The molecule has 0 unspecified atom stereocenters. The Morgan fingerprint density at radius 2 is 1.89 bits per heavy atom. The van der Waals surface area contributed by atoms with Crippen LogP contribution in [0.5, 0.6) is 0 Å². The number of benzene rings is 1. The predicted molar refractivity (Wildman–Crippen MR) is 72.1 cm³/mol. The summed E-state index contributed by atoms with van der Waals surface area (Å²) < 4.78 is 4.53. The van der Waals surface area contributed by atoms with Crippen molar-refractivity contribution in [2.24, 2.45) is 7.05 Å². The number of hydrogen-bond acceptors (Lipinski definition) is 0. The molecule has 0 atom stereocenters. The zero-order chi connectivity index (χ0) is 12.8. The number of imidazole rings is 1. The van der Waals surface area contributed by atoms with Crippen LogP contribution in [0.15, 0.2) is 54.9 Å². The second kappa shape index (κ2) is 3.79. The molecule has 3 heteroatoms. The lowest BCUT2D eigenvalue weighted by molar-refractivity contribution is -0.678. The number of nitrogens with one attached hydrogen (secondary N) is 1. The van der Waals surface area contributed by atoms with Gasteiger partial charge in [0.05, 0.1) is 5.56 Å². The quantitative estimate of drug-likeness (QED) is 0.498. The summed E-state index contributed by atoms with van der Waals surface area (Å²) in [7, 11) is 2.09. The number of aryl methyl sites for hydroxylation is 1. The van der Waals surface area contributed by atoms with Crippen molar-refractivity contribution in [3.63, 3.8) is 0 Å². The lowest BCUT2D eigenvalue weighted by Crippen LogP contribution is -2.34. The van der Waals surface area contributed by atoms with Gasteiger partial charge in [0.2, 0.25) is 0 Å². The van der Waals surface area contributed by atoms with E-state index in [4.69, 9.17) is 0 Å². The average Bonchev–Trinajstić information content (AvgIpc) is 2.98. The molecule has 0 saturated heterocycles. The van der Waals surface area contributed by atoms with Gasteiger partial charge in [0, 0.05) is 11.6 Å². The maximum atomic E-state index is 3.42. The Bertz CT molecular complexity index is 757. The van der Waals surface area contributed by atoms with Crippen molar-refractivity contribution in [1.82, 2.24) is 4.98 Å². The Labute approximate surface area is 111 Å². The fourth-order valence-electron chi connectivity index (χ4n) is 2.91. The highest BCUT2D eigenvalue weighted by Crippen LogP contribution is 2.25. The van der Waals surface area contributed by atoms with Gasteiger partial charge >= 0.3 is 11.5 Å². The topological polar surface area (TPSA) is 23.5 Å². The van der Waals surface area contributed by atoms with Gasteiger partial charge in [-0.2, -0.15) is 4.57 Å². The van der Waals surface area contributed by atoms with E-state index in [9.17, 15) is 0 Å². The van der Waals surface area contributed by atoms with E-state index in [1.54, 1.807) is 0 Å². The molecule has 3 heterocycles. The molecule has 0 radical (unpaired) electrons. The van der Waals surface area contributed by atoms with Crippen LogP contribution >= 0.6 is 0 Å². The van der Waals surface area contributed by atoms with Crippen LogP contribution in [-0.2, 0) is 13.6 Å². The number of aromatic amines is 1. The fraction of sp³-hybridized carbons (Fsp3) is 0.125. The van der Waals surface area contributed by atoms with E-state index < -0.39 is 0 Å². The van der Waals surface area contributed by atoms with Gasteiger partial charge in [-0.25, -0.2) is 9.55 Å². The fourth-order valence-corrected chi connectivity index (χ4v) is 2.91. The summed E-state index contributed by atoms with van der Waals surface area (Å²) in [6.45, 7) is 0.938. The molecule has 0 bridgehead atoms. The zero-order valence-electron chi connectivity index (χ0n) is 10.8. The summed E-state index contributed by atoms with van der Waals surface area (Å²) in [5.74, 6) is 1.19. The Hall–Kier alpha value is -2.42. The van der Waals surface area contributed by atoms with Gasteiger partial charge in [-0.05, 0) is 6.07 Å². The summed E-state index contributed by atoms with van der Waals surface area (Å²) in [5, 5.41) is 0. The number of pyridine rings is 1. The lowest BCUT2D eigenvalue weighted by Gasteiger charge is -1.97. The van der Waals surface area contributed by atoms with Crippen molar-refractivity contribution >= 4 is 0 Å². The molecule has 0 saturated carbocycles. The van der Waals surface area contributed by atoms with Crippen molar-refractivity contribution in [1.29, 1.82) is 0 Å². The molecule has 1 aliphatic rings. The van der Waals surface area contributed by atoms with E-state index in [1.165, 1.54) is 28.3 Å². The second-order valence-electron chi connectivity index (χ2n) is 4.97. The molecule has 0 spiro atoms. The molecule has 1 aromatic carbocycles. The summed E-state index contributed by atoms with van der Waals surface area (Å²) in [6, 6.07) is 14.8. The zero-order valence-corrected chi connectivity index (χ0v) is 10.8. The molecular weight excluding hydrogens is 234 g/mol. The van der Waals surface area contributed by atoms with E-state index in [0.717, 1.165) is 6.54 Å². The normalized spacial score (nSPS) is 12.3. The molecule has 92 valence electrons. The highest BCUT2D eigenvalue weighted by Gasteiger charge is 2.36. The minimum atomic E-state index is 0.938. The first-order valence-electron chi connectivity index (χ1n) is 6.49. The number of nitrogens with zero attached hydrogens (tertiary/aromatic N) is 2. The first kappa shape index (κ1) is 10.5. The molecule has 0 amide bonds. The van der Waals surface area contributed by atoms with E-state index in [0.29, 0.717) is 0 Å². The Morgan fingerprint density at radius 1 is 1.05 bits per heavy atom. The van der Waals surface area contributed by atoms with Gasteiger partial charge in [0.15, 0.2) is 11.9 Å². The molecule has 1 aliphatic heterocycles. The van der Waals surface area contributed by atoms with Crippen LogP contribution < -0.4 is 9.13 Å². The average molecular weight is 249 g/mol. The van der Waals surface area contributed by atoms with E-state index in [2.05, 4.69) is 76.0 Å². The van der Waals surface area contributed by atoms with Crippen LogP contribution in [-0.4, -0.2) is 4.98 Å². The first-order valence-corrected chi connectivity index (χ1v) is 6.49. The highest BCUT2D eigenvalue weighted by molar-refractivity contribution is 5.59. The maximum Gasteiger partial charge on any atom is 0.353 e. The maximum absolute atomic E-state index is 3.42. The van der Waals surface area contributed by atoms with Gasteiger partial charge < -0.3 is 0 Å². The minimum Gasteiger partial charge on any atom is -0.237 e. The Balaban J connectivity index is 1.93. The van der Waals surface area contributed by atoms with Crippen LogP contribution in [0.1, 0.15) is 5.56 Å². The van der Waals surface area contributed by atoms with Crippen molar-refractivity contribution in [3.8, 4) is 22.8 Å². The van der Waals surface area contributed by atoms with E-state index in [-0.39, 0.29) is 0 Å². The van der Waals surface area contributed by atoms with Crippen molar-refractivity contribution < 1.29 is 9.13 Å². The Morgan fingerprint density at radius 3 is 2.74 bits per heavy atom. The van der Waals surface area contributed by atoms with Gasteiger partial charge in [-0.3, -0.25) is 0 Å². The predicted octanol–water partition coefficient (Wildman–Crippen LogP) is 1.82. The largest absolute Gasteiger partial charge is 0.353 e. The molecule has 1 N–H and O–H groups in total. The van der Waals surface area contributed by atoms with Crippen LogP contribution in [0, 0.1) is 0 Å². The van der Waals surface area contributed by atoms with E-state index in [1.807, 2.05) is 0 Å². The smallest absolute Gasteiger partial charge is 0.237 e. The highest BCUT2D eigenvalue weighted by atomic mass is 15.1.